The van der Waals surface area contributed by atoms with Crippen molar-refractivity contribution in [3.8, 4) is 12.1 Å². The third kappa shape index (κ3) is 2.98. The van der Waals surface area contributed by atoms with Crippen molar-refractivity contribution in [1.29, 1.82) is 10.5 Å². The average molecular weight is 320 g/mol. The van der Waals surface area contributed by atoms with E-state index in [4.69, 9.17) is 5.26 Å². The largest absolute Gasteiger partial charge is 0.333 e. The van der Waals surface area contributed by atoms with Gasteiger partial charge in [0.15, 0.2) is 0 Å². The van der Waals surface area contributed by atoms with E-state index in [-0.39, 0.29) is 11.6 Å². The Hall–Kier alpha value is -2.79. The lowest BCUT2D eigenvalue weighted by molar-refractivity contribution is 0.507. The minimum absolute atomic E-state index is 0.0819. The molecule has 2 aromatic rings. The topological polar surface area (TPSA) is 74.5 Å². The highest BCUT2D eigenvalue weighted by atomic mass is 16.1. The number of hydrogen-bond donors (Lipinski definition) is 0. The van der Waals surface area contributed by atoms with E-state index in [2.05, 4.69) is 18.2 Å². The monoisotopic (exact) mass is 320 g/mol. The van der Waals surface area contributed by atoms with Crippen molar-refractivity contribution in [2.45, 2.75) is 45.1 Å². The van der Waals surface area contributed by atoms with E-state index < -0.39 is 0 Å². The van der Waals surface area contributed by atoms with Crippen LogP contribution in [-0.2, 0) is 6.54 Å². The third-order valence-corrected chi connectivity index (χ3v) is 4.58. The molecule has 1 atom stereocenters. The molecule has 3 rings (SSSR count). The van der Waals surface area contributed by atoms with Crippen molar-refractivity contribution in [1.82, 2.24) is 9.13 Å². The Morgan fingerprint density at radius 1 is 1.17 bits per heavy atom. The molecule has 0 spiro atoms. The second-order valence-electron chi connectivity index (χ2n) is 6.18. The lowest BCUT2D eigenvalue weighted by atomic mass is 10.0. The number of rotatable bonds is 5. The van der Waals surface area contributed by atoms with Crippen LogP contribution in [0.4, 0.5) is 0 Å². The molecule has 5 nitrogen and oxygen atoms in total. The minimum Gasteiger partial charge on any atom is -0.290 e. The van der Waals surface area contributed by atoms with E-state index in [9.17, 15) is 10.1 Å². The molecule has 1 heterocycles. The smallest absolute Gasteiger partial charge is 0.290 e. The quantitative estimate of drug-likeness (QED) is 0.843. The van der Waals surface area contributed by atoms with Gasteiger partial charge in [-0.05, 0) is 44.2 Å². The SMILES string of the molecule is N#CCCC(C#N)Cn1c(=O)n(C2=CCCCC2)c2ccccc21. The molecule has 5 heteroatoms. The van der Waals surface area contributed by atoms with Crippen molar-refractivity contribution >= 4 is 16.7 Å². The Morgan fingerprint density at radius 3 is 2.62 bits per heavy atom. The van der Waals surface area contributed by atoms with E-state index in [0.29, 0.717) is 19.4 Å². The first-order valence-corrected chi connectivity index (χ1v) is 8.42. The molecule has 0 radical (unpaired) electrons. The van der Waals surface area contributed by atoms with Crippen molar-refractivity contribution in [3.05, 3.63) is 40.8 Å². The predicted molar refractivity (Wildman–Crippen MR) is 92.9 cm³/mol. The number of allylic oxidation sites excluding steroid dienone is 2. The summed E-state index contributed by atoms with van der Waals surface area (Å²) in [7, 11) is 0. The molecular weight excluding hydrogens is 300 g/mol. The van der Waals surface area contributed by atoms with Gasteiger partial charge in [-0.2, -0.15) is 10.5 Å². The molecule has 1 unspecified atom stereocenters. The minimum atomic E-state index is -0.332. The van der Waals surface area contributed by atoms with Gasteiger partial charge in [-0.3, -0.25) is 9.13 Å². The van der Waals surface area contributed by atoms with Gasteiger partial charge in [0.05, 0.1) is 29.1 Å². The van der Waals surface area contributed by atoms with Gasteiger partial charge in [-0.1, -0.05) is 18.2 Å². The summed E-state index contributed by atoms with van der Waals surface area (Å²) in [6.07, 6.45) is 7.15. The molecule has 1 aromatic heterocycles. The lowest BCUT2D eigenvalue weighted by Crippen LogP contribution is -2.26. The van der Waals surface area contributed by atoms with Crippen molar-refractivity contribution in [3.63, 3.8) is 0 Å². The number of nitrogens with zero attached hydrogens (tertiary/aromatic N) is 4. The van der Waals surface area contributed by atoms with E-state index in [1.165, 1.54) is 6.42 Å². The first kappa shape index (κ1) is 16.1. The van der Waals surface area contributed by atoms with Crippen LogP contribution in [0.2, 0.25) is 0 Å². The van der Waals surface area contributed by atoms with Crippen LogP contribution < -0.4 is 5.69 Å². The molecule has 0 fully saturated rings. The summed E-state index contributed by atoms with van der Waals surface area (Å²) in [6, 6.07) is 12.0. The van der Waals surface area contributed by atoms with Gasteiger partial charge in [0.1, 0.15) is 0 Å². The van der Waals surface area contributed by atoms with Gasteiger partial charge < -0.3 is 0 Å². The Bertz CT molecular complexity index is 904. The fraction of sp³-hybridized carbons (Fsp3) is 0.421. The Labute approximate surface area is 141 Å². The van der Waals surface area contributed by atoms with Crippen LogP contribution in [0, 0.1) is 28.6 Å². The number of para-hydroxylation sites is 2. The van der Waals surface area contributed by atoms with Crippen LogP contribution in [-0.4, -0.2) is 9.13 Å². The summed E-state index contributed by atoms with van der Waals surface area (Å²) in [5, 5.41) is 18.1. The first-order chi connectivity index (χ1) is 11.8. The summed E-state index contributed by atoms with van der Waals surface area (Å²) < 4.78 is 3.49. The molecule has 0 aliphatic heterocycles. The van der Waals surface area contributed by atoms with Crippen LogP contribution in [0.5, 0.6) is 0 Å². The highest BCUT2D eigenvalue weighted by molar-refractivity contribution is 5.80. The Morgan fingerprint density at radius 2 is 1.96 bits per heavy atom. The van der Waals surface area contributed by atoms with Gasteiger partial charge in [0.25, 0.3) is 0 Å². The maximum Gasteiger partial charge on any atom is 0.333 e. The number of nitriles is 2. The third-order valence-electron chi connectivity index (χ3n) is 4.58. The number of imidazole rings is 1. The zero-order valence-electron chi connectivity index (χ0n) is 13.6. The van der Waals surface area contributed by atoms with Crippen LogP contribution in [0.15, 0.2) is 35.1 Å². The molecule has 24 heavy (non-hydrogen) atoms. The normalized spacial score (nSPS) is 15.5. The summed E-state index contributed by atoms with van der Waals surface area (Å²) in [4.78, 5) is 13.0. The highest BCUT2D eigenvalue weighted by Crippen LogP contribution is 2.25. The molecule has 122 valence electrons. The summed E-state index contributed by atoms with van der Waals surface area (Å²) in [6.45, 7) is 0.331. The average Bonchev–Trinajstić information content (AvgIpc) is 2.91. The maximum absolute atomic E-state index is 13.0. The van der Waals surface area contributed by atoms with E-state index in [1.807, 2.05) is 24.3 Å². The van der Waals surface area contributed by atoms with Gasteiger partial charge in [0.2, 0.25) is 0 Å². The summed E-state index contributed by atoms with van der Waals surface area (Å²) in [5.74, 6) is -0.332. The Kier molecular flexibility index (Phi) is 4.82. The van der Waals surface area contributed by atoms with E-state index in [0.717, 1.165) is 36.0 Å². The highest BCUT2D eigenvalue weighted by Gasteiger charge is 2.19. The molecule has 0 N–H and O–H groups in total. The number of fused-ring (bicyclic) bond motifs is 1. The van der Waals surface area contributed by atoms with E-state index >= 15 is 0 Å². The van der Waals surface area contributed by atoms with Crippen LogP contribution >= 0.6 is 0 Å². The summed E-state index contributed by atoms with van der Waals surface area (Å²) >= 11 is 0. The second kappa shape index (κ2) is 7.19. The zero-order valence-corrected chi connectivity index (χ0v) is 13.6. The fourth-order valence-electron chi connectivity index (χ4n) is 3.34. The van der Waals surface area contributed by atoms with Gasteiger partial charge in [0, 0.05) is 18.7 Å². The van der Waals surface area contributed by atoms with Crippen LogP contribution in [0.25, 0.3) is 16.7 Å². The molecule has 1 aromatic carbocycles. The molecular formula is C19H20N4O. The Balaban J connectivity index is 2.07. The lowest BCUT2D eigenvalue weighted by Gasteiger charge is -2.13. The number of aromatic nitrogens is 2. The van der Waals surface area contributed by atoms with Crippen LogP contribution in [0.3, 0.4) is 0 Å². The summed E-state index contributed by atoms with van der Waals surface area (Å²) in [5.41, 5.74) is 2.73. The zero-order chi connectivity index (χ0) is 16.9. The van der Waals surface area contributed by atoms with Gasteiger partial charge in [-0.15, -0.1) is 0 Å². The van der Waals surface area contributed by atoms with Crippen molar-refractivity contribution in [2.24, 2.45) is 5.92 Å². The van der Waals surface area contributed by atoms with Gasteiger partial charge >= 0.3 is 5.69 Å². The van der Waals surface area contributed by atoms with Crippen LogP contribution in [0.1, 0.15) is 38.5 Å². The number of benzene rings is 1. The molecule has 0 bridgehead atoms. The fourth-order valence-corrected chi connectivity index (χ4v) is 3.34. The molecule has 1 aliphatic rings. The van der Waals surface area contributed by atoms with Gasteiger partial charge in [-0.25, -0.2) is 4.79 Å². The van der Waals surface area contributed by atoms with E-state index in [1.54, 1.807) is 9.13 Å². The number of hydrogen-bond acceptors (Lipinski definition) is 3. The molecule has 1 aliphatic carbocycles. The maximum atomic E-state index is 13.0. The molecule has 0 saturated heterocycles. The second-order valence-corrected chi connectivity index (χ2v) is 6.18. The van der Waals surface area contributed by atoms with Crippen molar-refractivity contribution in [2.75, 3.05) is 0 Å². The first-order valence-electron chi connectivity index (χ1n) is 8.42. The molecule has 0 amide bonds. The molecule has 0 saturated carbocycles. The standard InChI is InChI=1S/C19H20N4O/c20-12-6-7-15(13-21)14-22-17-10-4-5-11-18(17)23(19(22)24)16-8-2-1-3-9-16/h4-5,8,10-11,15H,1-3,6-7,9,14H2. The predicted octanol–water partition coefficient (Wildman–Crippen LogP) is 3.66. The van der Waals surface area contributed by atoms with Crippen molar-refractivity contribution < 1.29 is 0 Å².